The molecule has 2 rings (SSSR count). The second kappa shape index (κ2) is 7.46. The van der Waals surface area contributed by atoms with Gasteiger partial charge in [-0.25, -0.2) is 8.42 Å². The topological polar surface area (TPSA) is 75.7 Å². The molecule has 1 N–H and O–H groups in total. The Balaban J connectivity index is 2.09. The van der Waals surface area contributed by atoms with Crippen molar-refractivity contribution in [1.29, 1.82) is 0 Å². The van der Waals surface area contributed by atoms with E-state index in [0.717, 1.165) is 9.87 Å². The summed E-state index contributed by atoms with van der Waals surface area (Å²) in [6.07, 6.45) is 0. The Bertz CT molecular complexity index is 817. The molecule has 0 aliphatic carbocycles. The lowest BCUT2D eigenvalue weighted by Crippen LogP contribution is -2.35. The van der Waals surface area contributed by atoms with Gasteiger partial charge in [0.25, 0.3) is 0 Å². The number of rotatable bonds is 6. The highest BCUT2D eigenvalue weighted by atomic mass is 32.2. The number of nitrogens with one attached hydrogen (secondary N) is 1. The van der Waals surface area contributed by atoms with Crippen LogP contribution < -0.4 is 10.1 Å². The molecule has 0 aromatic heterocycles. The molecule has 0 aliphatic heterocycles. The largest absolute Gasteiger partial charge is 0.495 e. The maximum absolute atomic E-state index is 12.5. The summed E-state index contributed by atoms with van der Waals surface area (Å²) in [4.78, 5) is 12.3. The van der Waals surface area contributed by atoms with Gasteiger partial charge in [0, 0.05) is 7.05 Å². The van der Waals surface area contributed by atoms with Crippen LogP contribution in [0.25, 0.3) is 0 Å². The van der Waals surface area contributed by atoms with Gasteiger partial charge >= 0.3 is 0 Å². The molecule has 0 spiro atoms. The molecule has 24 heavy (non-hydrogen) atoms. The fraction of sp³-hybridized carbons (Fsp3) is 0.235. The average Bonchev–Trinajstić information content (AvgIpc) is 2.55. The third-order valence-electron chi connectivity index (χ3n) is 3.48. The highest BCUT2D eigenvalue weighted by Crippen LogP contribution is 2.23. The standard InChI is InChI=1S/C17H20N2O4S/c1-13-8-10-14(11-9-13)24(21,22)19(2)12-17(20)18-15-6-4-5-7-16(15)23-3/h4-11H,12H2,1-3H3,(H,18,20). The van der Waals surface area contributed by atoms with Gasteiger partial charge in [0.2, 0.25) is 15.9 Å². The van der Waals surface area contributed by atoms with Crippen molar-refractivity contribution in [1.82, 2.24) is 4.31 Å². The lowest BCUT2D eigenvalue weighted by atomic mass is 10.2. The van der Waals surface area contributed by atoms with Crippen LogP contribution in [-0.2, 0) is 14.8 Å². The molecule has 0 bridgehead atoms. The van der Waals surface area contributed by atoms with Crippen LogP contribution in [0.4, 0.5) is 5.69 Å². The van der Waals surface area contributed by atoms with Crippen molar-refractivity contribution in [3.63, 3.8) is 0 Å². The van der Waals surface area contributed by atoms with Gasteiger partial charge in [-0.1, -0.05) is 29.8 Å². The van der Waals surface area contributed by atoms with Gasteiger partial charge in [0.05, 0.1) is 24.2 Å². The minimum absolute atomic E-state index is 0.153. The number of likely N-dealkylation sites (N-methyl/N-ethyl adjacent to an activating group) is 1. The Morgan fingerprint density at radius 1 is 1.12 bits per heavy atom. The average molecular weight is 348 g/mol. The summed E-state index contributed by atoms with van der Waals surface area (Å²) in [5.74, 6) is 0.0626. The lowest BCUT2D eigenvalue weighted by Gasteiger charge is -2.17. The van der Waals surface area contributed by atoms with Crippen LogP contribution in [0.3, 0.4) is 0 Å². The Kier molecular flexibility index (Phi) is 5.58. The van der Waals surface area contributed by atoms with Crippen molar-refractivity contribution in [2.75, 3.05) is 26.0 Å². The van der Waals surface area contributed by atoms with E-state index in [4.69, 9.17) is 4.74 Å². The molecule has 6 nitrogen and oxygen atoms in total. The van der Waals surface area contributed by atoms with Crippen molar-refractivity contribution in [2.45, 2.75) is 11.8 Å². The summed E-state index contributed by atoms with van der Waals surface area (Å²) in [6, 6.07) is 13.4. The molecule has 0 heterocycles. The molecule has 0 saturated heterocycles. The number of anilines is 1. The minimum Gasteiger partial charge on any atom is -0.495 e. The van der Waals surface area contributed by atoms with Gasteiger partial charge in [-0.3, -0.25) is 4.79 Å². The molecule has 0 saturated carbocycles. The molecule has 128 valence electrons. The van der Waals surface area contributed by atoms with Gasteiger partial charge < -0.3 is 10.1 Å². The van der Waals surface area contributed by atoms with Crippen molar-refractivity contribution in [2.24, 2.45) is 0 Å². The third-order valence-corrected chi connectivity index (χ3v) is 5.29. The van der Waals surface area contributed by atoms with Gasteiger partial charge in [-0.2, -0.15) is 4.31 Å². The molecule has 2 aromatic carbocycles. The van der Waals surface area contributed by atoms with E-state index in [0.29, 0.717) is 11.4 Å². The van der Waals surface area contributed by atoms with E-state index in [1.54, 1.807) is 36.4 Å². The molecular weight excluding hydrogens is 328 g/mol. The van der Waals surface area contributed by atoms with Crippen LogP contribution >= 0.6 is 0 Å². The normalized spacial score (nSPS) is 11.3. The molecule has 1 amide bonds. The number of nitrogens with zero attached hydrogens (tertiary/aromatic N) is 1. The second-order valence-electron chi connectivity index (χ2n) is 5.32. The predicted octanol–water partition coefficient (Wildman–Crippen LogP) is 2.26. The van der Waals surface area contributed by atoms with Crippen LogP contribution in [-0.4, -0.2) is 39.3 Å². The zero-order valence-electron chi connectivity index (χ0n) is 13.8. The summed E-state index contributed by atoms with van der Waals surface area (Å²) >= 11 is 0. The third kappa shape index (κ3) is 4.12. The SMILES string of the molecule is COc1ccccc1NC(=O)CN(C)S(=O)(=O)c1ccc(C)cc1. The van der Waals surface area contributed by atoms with E-state index in [-0.39, 0.29) is 11.4 Å². The summed E-state index contributed by atoms with van der Waals surface area (Å²) in [6.45, 7) is 1.58. The number of hydrogen-bond acceptors (Lipinski definition) is 4. The number of carbonyl (C=O) groups is 1. The Labute approximate surface area is 142 Å². The van der Waals surface area contributed by atoms with E-state index in [9.17, 15) is 13.2 Å². The van der Waals surface area contributed by atoms with Gasteiger partial charge in [-0.15, -0.1) is 0 Å². The zero-order chi connectivity index (χ0) is 17.7. The summed E-state index contributed by atoms with van der Waals surface area (Å²) in [7, 11) is -0.847. The molecular formula is C17H20N2O4S. The van der Waals surface area contributed by atoms with E-state index >= 15 is 0 Å². The molecule has 0 aliphatic rings. The van der Waals surface area contributed by atoms with Gasteiger partial charge in [0.15, 0.2) is 0 Å². The Morgan fingerprint density at radius 2 is 1.75 bits per heavy atom. The van der Waals surface area contributed by atoms with Crippen molar-refractivity contribution < 1.29 is 17.9 Å². The van der Waals surface area contributed by atoms with Crippen molar-refractivity contribution in [3.8, 4) is 5.75 Å². The molecule has 7 heteroatoms. The van der Waals surface area contributed by atoms with Crippen LogP contribution in [0.15, 0.2) is 53.4 Å². The van der Waals surface area contributed by atoms with E-state index in [1.807, 2.05) is 6.92 Å². The first-order valence-electron chi connectivity index (χ1n) is 7.30. The smallest absolute Gasteiger partial charge is 0.243 e. The first-order valence-corrected chi connectivity index (χ1v) is 8.74. The van der Waals surface area contributed by atoms with Crippen LogP contribution in [0.1, 0.15) is 5.56 Å². The number of amides is 1. The minimum atomic E-state index is -3.72. The maximum Gasteiger partial charge on any atom is 0.243 e. The van der Waals surface area contributed by atoms with Crippen LogP contribution in [0.5, 0.6) is 5.75 Å². The van der Waals surface area contributed by atoms with E-state index in [1.165, 1.54) is 26.3 Å². The van der Waals surface area contributed by atoms with E-state index < -0.39 is 15.9 Å². The summed E-state index contributed by atoms with van der Waals surface area (Å²) < 4.78 is 31.1. The number of benzene rings is 2. The van der Waals surface area contributed by atoms with Crippen LogP contribution in [0.2, 0.25) is 0 Å². The Hall–Kier alpha value is -2.38. The number of aryl methyl sites for hydroxylation is 1. The molecule has 0 unspecified atom stereocenters. The number of ether oxygens (including phenoxy) is 1. The number of sulfonamides is 1. The Morgan fingerprint density at radius 3 is 2.38 bits per heavy atom. The highest BCUT2D eigenvalue weighted by Gasteiger charge is 2.23. The zero-order valence-corrected chi connectivity index (χ0v) is 14.6. The number of para-hydroxylation sites is 2. The number of hydrogen-bond donors (Lipinski definition) is 1. The first-order chi connectivity index (χ1) is 11.3. The molecule has 0 atom stereocenters. The van der Waals surface area contributed by atoms with Crippen molar-refractivity contribution >= 4 is 21.6 Å². The molecule has 0 radical (unpaired) electrons. The number of carbonyl (C=O) groups excluding carboxylic acids is 1. The predicted molar refractivity (Wildman–Crippen MR) is 92.6 cm³/mol. The summed E-state index contributed by atoms with van der Waals surface area (Å²) in [5, 5.41) is 2.65. The maximum atomic E-state index is 12.5. The number of methoxy groups -OCH3 is 1. The fourth-order valence-corrected chi connectivity index (χ4v) is 3.24. The second-order valence-corrected chi connectivity index (χ2v) is 7.37. The van der Waals surface area contributed by atoms with Gasteiger partial charge in [-0.05, 0) is 31.2 Å². The summed E-state index contributed by atoms with van der Waals surface area (Å²) in [5.41, 5.74) is 1.46. The highest BCUT2D eigenvalue weighted by molar-refractivity contribution is 7.89. The van der Waals surface area contributed by atoms with E-state index in [2.05, 4.69) is 5.32 Å². The molecule has 0 fully saturated rings. The van der Waals surface area contributed by atoms with Crippen LogP contribution in [0, 0.1) is 6.92 Å². The monoisotopic (exact) mass is 348 g/mol. The van der Waals surface area contributed by atoms with Crippen molar-refractivity contribution in [3.05, 3.63) is 54.1 Å². The lowest BCUT2D eigenvalue weighted by molar-refractivity contribution is -0.116. The quantitative estimate of drug-likeness (QED) is 0.869. The first kappa shape index (κ1) is 18.0. The van der Waals surface area contributed by atoms with Gasteiger partial charge in [0.1, 0.15) is 5.75 Å². The molecule has 2 aromatic rings. The fourth-order valence-electron chi connectivity index (χ4n) is 2.12.